The van der Waals surface area contributed by atoms with Crippen LogP contribution in [0.25, 0.3) is 0 Å². The number of aryl methyl sites for hydroxylation is 1. The molecule has 8 heteroatoms. The highest BCUT2D eigenvalue weighted by Gasteiger charge is 2.37. The van der Waals surface area contributed by atoms with E-state index in [1.807, 2.05) is 6.92 Å². The van der Waals surface area contributed by atoms with Gasteiger partial charge in [-0.1, -0.05) is 40.9 Å². The van der Waals surface area contributed by atoms with E-state index in [0.29, 0.717) is 10.7 Å². The Morgan fingerprint density at radius 3 is 2.04 bits per heavy atom. The lowest BCUT2D eigenvalue weighted by atomic mass is 10.1. The molecule has 0 saturated carbocycles. The van der Waals surface area contributed by atoms with E-state index < -0.39 is 24.3 Å². The number of carbonyl (C=O) groups is 3. The minimum absolute atomic E-state index is 0.126. The second-order valence-electron chi connectivity index (χ2n) is 5.54. The third-order valence-corrected chi connectivity index (χ3v) is 4.75. The molecular formula is C17H11Cl3N2O3. The second kappa shape index (κ2) is 6.67. The number of hydrogen-bond acceptors (Lipinski definition) is 3. The molecule has 2 aromatic rings. The van der Waals surface area contributed by atoms with Gasteiger partial charge < -0.3 is 5.32 Å². The highest BCUT2D eigenvalue weighted by atomic mass is 35.5. The highest BCUT2D eigenvalue weighted by molar-refractivity contribution is 6.43. The minimum atomic E-state index is -0.594. The Bertz CT molecular complexity index is 887. The van der Waals surface area contributed by atoms with E-state index in [2.05, 4.69) is 5.32 Å². The van der Waals surface area contributed by atoms with Crippen molar-refractivity contribution in [2.45, 2.75) is 6.92 Å². The molecule has 0 aromatic heterocycles. The van der Waals surface area contributed by atoms with Crippen LogP contribution in [0.1, 0.15) is 26.3 Å². The van der Waals surface area contributed by atoms with E-state index in [0.717, 1.165) is 10.5 Å². The Kier molecular flexibility index (Phi) is 4.73. The average molecular weight is 398 g/mol. The largest absolute Gasteiger partial charge is 0.323 e. The Hall–Kier alpha value is -2.08. The van der Waals surface area contributed by atoms with Crippen molar-refractivity contribution in [3.63, 3.8) is 0 Å². The van der Waals surface area contributed by atoms with E-state index in [-0.39, 0.29) is 21.2 Å². The lowest BCUT2D eigenvalue weighted by Gasteiger charge is -2.14. The van der Waals surface area contributed by atoms with Crippen LogP contribution >= 0.6 is 34.8 Å². The van der Waals surface area contributed by atoms with Gasteiger partial charge in [0.1, 0.15) is 6.54 Å². The quantitative estimate of drug-likeness (QED) is 0.790. The smallest absolute Gasteiger partial charge is 0.262 e. The number of imide groups is 1. The number of amides is 3. The molecule has 3 amide bonds. The summed E-state index contributed by atoms with van der Waals surface area (Å²) >= 11 is 17.8. The van der Waals surface area contributed by atoms with Gasteiger partial charge in [0.15, 0.2) is 0 Å². The van der Waals surface area contributed by atoms with Crippen LogP contribution in [-0.4, -0.2) is 29.2 Å². The molecule has 0 radical (unpaired) electrons. The number of anilines is 1. The molecule has 5 nitrogen and oxygen atoms in total. The molecule has 1 aliphatic heterocycles. The summed E-state index contributed by atoms with van der Waals surface area (Å²) in [4.78, 5) is 37.8. The zero-order valence-electron chi connectivity index (χ0n) is 12.9. The van der Waals surface area contributed by atoms with Gasteiger partial charge in [0.2, 0.25) is 5.91 Å². The molecule has 128 valence electrons. The summed E-state index contributed by atoms with van der Waals surface area (Å²) in [7, 11) is 0. The first-order chi connectivity index (χ1) is 11.8. The third kappa shape index (κ3) is 3.35. The molecule has 0 bridgehead atoms. The number of nitrogens with one attached hydrogen (secondary N) is 1. The summed E-state index contributed by atoms with van der Waals surface area (Å²) in [6.07, 6.45) is 0. The number of halogens is 3. The van der Waals surface area contributed by atoms with Crippen molar-refractivity contribution in [3.05, 3.63) is 62.1 Å². The molecule has 0 aliphatic carbocycles. The summed E-state index contributed by atoms with van der Waals surface area (Å²) in [5, 5.41) is 3.29. The molecule has 0 spiro atoms. The number of rotatable bonds is 3. The standard InChI is InChI=1S/C17H11Cl3N2O3/c1-8-2-3-14(13(20)4-8)21-15(23)7-22-16(24)9-5-11(18)12(19)6-10(9)17(22)25/h2-6H,7H2,1H3,(H,21,23). The molecule has 1 heterocycles. The second-order valence-corrected chi connectivity index (χ2v) is 6.76. The summed E-state index contributed by atoms with van der Waals surface area (Å²) in [5.41, 5.74) is 1.60. The van der Waals surface area contributed by atoms with Crippen LogP contribution in [0, 0.1) is 6.92 Å². The van der Waals surface area contributed by atoms with Crippen LogP contribution in [0.2, 0.25) is 15.1 Å². The first-order valence-corrected chi connectivity index (χ1v) is 8.32. The van der Waals surface area contributed by atoms with Crippen molar-refractivity contribution in [2.75, 3.05) is 11.9 Å². The molecule has 0 saturated heterocycles. The number of carbonyl (C=O) groups excluding carboxylic acids is 3. The fourth-order valence-electron chi connectivity index (χ4n) is 2.48. The summed E-state index contributed by atoms with van der Waals surface area (Å²) in [6, 6.07) is 7.79. The normalized spacial score (nSPS) is 13.2. The maximum atomic E-state index is 12.4. The zero-order chi connectivity index (χ0) is 18.3. The Morgan fingerprint density at radius 1 is 0.960 bits per heavy atom. The molecule has 1 N–H and O–H groups in total. The molecule has 0 unspecified atom stereocenters. The SMILES string of the molecule is Cc1ccc(NC(=O)CN2C(=O)c3cc(Cl)c(Cl)cc3C2=O)c(Cl)c1. The Balaban J connectivity index is 1.78. The number of fused-ring (bicyclic) bond motifs is 1. The highest BCUT2D eigenvalue weighted by Crippen LogP contribution is 2.31. The van der Waals surface area contributed by atoms with Gasteiger partial charge in [0.25, 0.3) is 11.8 Å². The predicted octanol–water partition coefficient (Wildman–Crippen LogP) is 4.19. The zero-order valence-corrected chi connectivity index (χ0v) is 15.2. The van der Waals surface area contributed by atoms with Gasteiger partial charge in [-0.2, -0.15) is 0 Å². The fourth-order valence-corrected chi connectivity index (χ4v) is 3.09. The Labute approximate surface area is 158 Å². The number of hydrogen-bond donors (Lipinski definition) is 1. The number of nitrogens with zero attached hydrogens (tertiary/aromatic N) is 1. The maximum absolute atomic E-state index is 12.4. The van der Waals surface area contributed by atoms with Crippen molar-refractivity contribution < 1.29 is 14.4 Å². The van der Waals surface area contributed by atoms with Gasteiger partial charge in [-0.3, -0.25) is 19.3 Å². The molecule has 25 heavy (non-hydrogen) atoms. The Morgan fingerprint density at radius 2 is 1.52 bits per heavy atom. The summed E-state index contributed by atoms with van der Waals surface area (Å²) < 4.78 is 0. The van der Waals surface area contributed by atoms with Crippen molar-refractivity contribution >= 4 is 58.2 Å². The van der Waals surface area contributed by atoms with Crippen LogP contribution in [0.4, 0.5) is 5.69 Å². The topological polar surface area (TPSA) is 66.5 Å². The van der Waals surface area contributed by atoms with Crippen LogP contribution in [0.5, 0.6) is 0 Å². The lowest BCUT2D eigenvalue weighted by Crippen LogP contribution is -2.37. The van der Waals surface area contributed by atoms with Crippen molar-refractivity contribution in [1.29, 1.82) is 0 Å². The molecule has 2 aromatic carbocycles. The molecule has 0 fully saturated rings. The summed E-state index contributed by atoms with van der Waals surface area (Å²) in [6.45, 7) is 1.43. The van der Waals surface area contributed by atoms with Crippen LogP contribution in [0.15, 0.2) is 30.3 Å². The molecule has 1 aliphatic rings. The lowest BCUT2D eigenvalue weighted by molar-refractivity contribution is -0.116. The average Bonchev–Trinajstić information content (AvgIpc) is 2.76. The van der Waals surface area contributed by atoms with Crippen molar-refractivity contribution in [1.82, 2.24) is 4.90 Å². The van der Waals surface area contributed by atoms with Gasteiger partial charge in [-0.15, -0.1) is 0 Å². The van der Waals surface area contributed by atoms with E-state index in [4.69, 9.17) is 34.8 Å². The predicted molar refractivity (Wildman–Crippen MR) is 96.6 cm³/mol. The van der Waals surface area contributed by atoms with Gasteiger partial charge in [0, 0.05) is 0 Å². The van der Waals surface area contributed by atoms with Gasteiger partial charge in [0.05, 0.1) is 31.9 Å². The molecule has 0 atom stereocenters. The van der Waals surface area contributed by atoms with Crippen molar-refractivity contribution in [3.8, 4) is 0 Å². The van der Waals surface area contributed by atoms with Gasteiger partial charge in [-0.05, 0) is 36.8 Å². The molecular weight excluding hydrogens is 387 g/mol. The van der Waals surface area contributed by atoms with Crippen molar-refractivity contribution in [2.24, 2.45) is 0 Å². The molecule has 3 rings (SSSR count). The van der Waals surface area contributed by atoms with Crippen LogP contribution in [-0.2, 0) is 4.79 Å². The fraction of sp³-hybridized carbons (Fsp3) is 0.118. The summed E-state index contributed by atoms with van der Waals surface area (Å²) in [5.74, 6) is -1.73. The first-order valence-electron chi connectivity index (χ1n) is 7.19. The third-order valence-electron chi connectivity index (χ3n) is 3.71. The first kappa shape index (κ1) is 17.7. The monoisotopic (exact) mass is 396 g/mol. The van der Waals surface area contributed by atoms with E-state index in [9.17, 15) is 14.4 Å². The number of benzene rings is 2. The van der Waals surface area contributed by atoms with E-state index in [1.165, 1.54) is 12.1 Å². The van der Waals surface area contributed by atoms with Gasteiger partial charge in [-0.25, -0.2) is 0 Å². The van der Waals surface area contributed by atoms with Crippen LogP contribution < -0.4 is 5.32 Å². The van der Waals surface area contributed by atoms with Gasteiger partial charge >= 0.3 is 0 Å². The maximum Gasteiger partial charge on any atom is 0.262 e. The van der Waals surface area contributed by atoms with E-state index >= 15 is 0 Å². The van der Waals surface area contributed by atoms with E-state index in [1.54, 1.807) is 18.2 Å². The minimum Gasteiger partial charge on any atom is -0.323 e. The van der Waals surface area contributed by atoms with Crippen LogP contribution in [0.3, 0.4) is 0 Å².